The molecule has 4 heteroatoms. The summed E-state index contributed by atoms with van der Waals surface area (Å²) in [4.78, 5) is 2.33. The largest absolute Gasteiger partial charge is 0.496 e. The smallest absolute Gasteiger partial charge is 0.242 e. The van der Waals surface area contributed by atoms with E-state index in [1.807, 2.05) is 0 Å². The van der Waals surface area contributed by atoms with Crippen molar-refractivity contribution in [2.24, 2.45) is 0 Å². The lowest BCUT2D eigenvalue weighted by Crippen LogP contribution is -2.52. The molecule has 7 rings (SSSR count). The van der Waals surface area contributed by atoms with E-state index in [1.165, 1.54) is 60.2 Å². The summed E-state index contributed by atoms with van der Waals surface area (Å²) in [5.41, 5.74) is 15.9. The molecule has 0 saturated carbocycles. The molecule has 0 fully saturated rings. The van der Waals surface area contributed by atoms with Crippen molar-refractivity contribution in [1.29, 1.82) is 0 Å². The van der Waals surface area contributed by atoms with Crippen LogP contribution in [0, 0.1) is 34.6 Å². The highest BCUT2D eigenvalue weighted by atomic mass is 28.3. The first-order valence-corrected chi connectivity index (χ1v) is 22.2. The Balaban J connectivity index is 1.38. The van der Waals surface area contributed by atoms with E-state index in [0.717, 1.165) is 33.9 Å². The summed E-state index contributed by atoms with van der Waals surface area (Å²) in [6.45, 7) is 18.2. The molecule has 0 bridgehead atoms. The minimum absolute atomic E-state index is 0.0887. The topological polar surface area (TPSA) is 12.5 Å². The minimum Gasteiger partial charge on any atom is -0.496 e. The summed E-state index contributed by atoms with van der Waals surface area (Å²) in [5.74, 6) is 0.844. The van der Waals surface area contributed by atoms with E-state index in [4.69, 9.17) is 4.74 Å². The maximum absolute atomic E-state index is 6.24. The number of aryl methyl sites for hydroxylation is 5. The number of hydrogen-bond donors (Lipinski definition) is 0. The standard InChI is InChI=1S/C49H50BNOSi/c1-33-14-16-40(17-15-33)51(41-18-21-43(22-19-41)53(7,8)9)42-20-23-47(49(32-42)52-6)45-24-25-48(46-13-11-10-12-44(45)46)50(38-28-34(2)26-35(3)29-38)39-30-36(4)27-37(5)31-39/h10-32H,1-9H3. The number of hydrogen-bond acceptors (Lipinski definition) is 2. The van der Waals surface area contributed by atoms with Crippen molar-refractivity contribution >= 4 is 64.2 Å². The van der Waals surface area contributed by atoms with Gasteiger partial charge in [0.2, 0.25) is 6.71 Å². The maximum atomic E-state index is 6.24. The van der Waals surface area contributed by atoms with E-state index in [2.05, 4.69) is 199 Å². The third-order valence-corrected chi connectivity index (χ3v) is 12.5. The van der Waals surface area contributed by atoms with Crippen molar-refractivity contribution in [3.05, 3.63) is 167 Å². The number of rotatable bonds is 9. The van der Waals surface area contributed by atoms with E-state index in [-0.39, 0.29) is 6.71 Å². The molecule has 0 heterocycles. The van der Waals surface area contributed by atoms with E-state index in [9.17, 15) is 0 Å². The first-order valence-electron chi connectivity index (χ1n) is 18.7. The molecule has 0 aliphatic carbocycles. The zero-order chi connectivity index (χ0) is 37.4. The van der Waals surface area contributed by atoms with Crippen LogP contribution in [-0.4, -0.2) is 21.9 Å². The second-order valence-corrected chi connectivity index (χ2v) is 21.0. The SMILES string of the molecule is COc1cc(N(c2ccc(C)cc2)c2ccc([Si](C)(C)C)cc2)ccc1-c1ccc(B(c2cc(C)cc(C)c2)c2cc(C)cc(C)c2)c2ccccc12. The Labute approximate surface area is 318 Å². The van der Waals surface area contributed by atoms with Crippen molar-refractivity contribution in [1.82, 2.24) is 0 Å². The molecule has 0 unspecified atom stereocenters. The quantitative estimate of drug-likeness (QED) is 0.139. The van der Waals surface area contributed by atoms with E-state index in [0.29, 0.717) is 0 Å². The van der Waals surface area contributed by atoms with Gasteiger partial charge in [-0.25, -0.2) is 0 Å². The fourth-order valence-corrected chi connectivity index (χ4v) is 9.17. The van der Waals surface area contributed by atoms with Gasteiger partial charge in [-0.05, 0) is 87.4 Å². The molecule has 0 aliphatic heterocycles. The average molecular weight is 708 g/mol. The van der Waals surface area contributed by atoms with Gasteiger partial charge in [-0.3, -0.25) is 0 Å². The van der Waals surface area contributed by atoms with Crippen LogP contribution < -0.4 is 31.2 Å². The van der Waals surface area contributed by atoms with Gasteiger partial charge in [-0.15, -0.1) is 0 Å². The second-order valence-electron chi connectivity index (χ2n) is 15.9. The van der Waals surface area contributed by atoms with Crippen molar-refractivity contribution in [2.75, 3.05) is 12.0 Å². The van der Waals surface area contributed by atoms with Crippen molar-refractivity contribution in [2.45, 2.75) is 54.3 Å². The van der Waals surface area contributed by atoms with Gasteiger partial charge < -0.3 is 9.64 Å². The average Bonchev–Trinajstić information content (AvgIpc) is 3.12. The van der Waals surface area contributed by atoms with Gasteiger partial charge in [0.25, 0.3) is 0 Å². The van der Waals surface area contributed by atoms with Gasteiger partial charge in [0.1, 0.15) is 5.75 Å². The number of methoxy groups -OCH3 is 1. The lowest BCUT2D eigenvalue weighted by atomic mass is 9.36. The Hall–Kier alpha value is -5.32. The molecule has 0 saturated heterocycles. The molecule has 264 valence electrons. The number of nitrogens with zero attached hydrogens (tertiary/aromatic N) is 1. The number of anilines is 3. The summed E-state index contributed by atoms with van der Waals surface area (Å²) in [5, 5.41) is 3.92. The van der Waals surface area contributed by atoms with Crippen LogP contribution in [0.1, 0.15) is 27.8 Å². The predicted molar refractivity (Wildman–Crippen MR) is 235 cm³/mol. The molecule has 7 aromatic carbocycles. The molecule has 0 aromatic heterocycles. The number of ether oxygens (including phenoxy) is 1. The Morgan fingerprint density at radius 1 is 0.472 bits per heavy atom. The fraction of sp³-hybridized carbons (Fsp3) is 0.184. The minimum atomic E-state index is -1.44. The number of fused-ring (bicyclic) bond motifs is 1. The highest BCUT2D eigenvalue weighted by Gasteiger charge is 2.26. The van der Waals surface area contributed by atoms with Gasteiger partial charge in [-0.1, -0.05) is 166 Å². The Morgan fingerprint density at radius 2 is 0.962 bits per heavy atom. The summed E-state index contributed by atoms with van der Waals surface area (Å²) in [6.07, 6.45) is 0. The van der Waals surface area contributed by atoms with Gasteiger partial charge in [0.15, 0.2) is 0 Å². The summed E-state index contributed by atoms with van der Waals surface area (Å²) >= 11 is 0. The first-order chi connectivity index (χ1) is 25.4. The Bertz CT molecular complexity index is 2330. The second kappa shape index (κ2) is 14.6. The van der Waals surface area contributed by atoms with Crippen LogP contribution in [0.15, 0.2) is 140 Å². The molecule has 0 atom stereocenters. The Kier molecular flexibility index (Phi) is 9.93. The van der Waals surface area contributed by atoms with Gasteiger partial charge in [-0.2, -0.15) is 0 Å². The number of benzene rings is 7. The normalized spacial score (nSPS) is 11.5. The van der Waals surface area contributed by atoms with Crippen LogP contribution in [0.25, 0.3) is 21.9 Å². The highest BCUT2D eigenvalue weighted by molar-refractivity contribution is 6.97. The third-order valence-electron chi connectivity index (χ3n) is 10.4. The van der Waals surface area contributed by atoms with Crippen molar-refractivity contribution < 1.29 is 4.74 Å². The van der Waals surface area contributed by atoms with Crippen LogP contribution in [0.3, 0.4) is 0 Å². The molecule has 0 radical (unpaired) electrons. The van der Waals surface area contributed by atoms with Gasteiger partial charge in [0, 0.05) is 28.7 Å². The zero-order valence-corrected chi connectivity index (χ0v) is 33.7. The van der Waals surface area contributed by atoms with Crippen LogP contribution >= 0.6 is 0 Å². The van der Waals surface area contributed by atoms with Gasteiger partial charge >= 0.3 is 0 Å². The molecular weight excluding hydrogens is 657 g/mol. The monoisotopic (exact) mass is 707 g/mol. The molecular formula is C49H50BNOSi. The summed E-state index contributed by atoms with van der Waals surface area (Å²) < 4.78 is 6.24. The molecule has 0 aliphatic rings. The summed E-state index contributed by atoms with van der Waals surface area (Å²) in [6, 6.07) is 52.1. The van der Waals surface area contributed by atoms with E-state index >= 15 is 0 Å². The molecule has 7 aromatic rings. The third kappa shape index (κ3) is 7.47. The highest BCUT2D eigenvalue weighted by Crippen LogP contribution is 2.41. The summed E-state index contributed by atoms with van der Waals surface area (Å²) in [7, 11) is 0.348. The molecule has 2 nitrogen and oxygen atoms in total. The molecule has 0 spiro atoms. The fourth-order valence-electron chi connectivity index (χ4n) is 8.01. The van der Waals surface area contributed by atoms with Crippen LogP contribution in [0.4, 0.5) is 17.1 Å². The van der Waals surface area contributed by atoms with E-state index < -0.39 is 8.07 Å². The van der Waals surface area contributed by atoms with Crippen molar-refractivity contribution in [3.63, 3.8) is 0 Å². The predicted octanol–water partition coefficient (Wildman–Crippen LogP) is 10.6. The molecule has 0 N–H and O–H groups in total. The maximum Gasteiger partial charge on any atom is 0.242 e. The Morgan fingerprint density at radius 3 is 1.49 bits per heavy atom. The first kappa shape index (κ1) is 36.1. The zero-order valence-electron chi connectivity index (χ0n) is 32.7. The van der Waals surface area contributed by atoms with Crippen LogP contribution in [-0.2, 0) is 0 Å². The molecule has 0 amide bonds. The van der Waals surface area contributed by atoms with Gasteiger partial charge in [0.05, 0.1) is 15.2 Å². The lowest BCUT2D eigenvalue weighted by molar-refractivity contribution is 0.416. The molecule has 53 heavy (non-hydrogen) atoms. The van der Waals surface area contributed by atoms with Crippen LogP contribution in [0.2, 0.25) is 19.6 Å². The van der Waals surface area contributed by atoms with Crippen molar-refractivity contribution in [3.8, 4) is 16.9 Å². The lowest BCUT2D eigenvalue weighted by Gasteiger charge is -2.27. The van der Waals surface area contributed by atoms with Crippen LogP contribution in [0.5, 0.6) is 5.75 Å². The van der Waals surface area contributed by atoms with E-state index in [1.54, 1.807) is 7.11 Å².